The summed E-state index contributed by atoms with van der Waals surface area (Å²) in [6, 6.07) is 2.81. The van der Waals surface area contributed by atoms with Crippen molar-refractivity contribution < 1.29 is 14.3 Å². The van der Waals surface area contributed by atoms with E-state index in [1.807, 2.05) is 4.90 Å². The van der Waals surface area contributed by atoms with Crippen molar-refractivity contribution in [2.45, 2.75) is 13.3 Å². The minimum atomic E-state index is -1.31. The van der Waals surface area contributed by atoms with Crippen molar-refractivity contribution in [2.24, 2.45) is 13.0 Å². The molecule has 2 N–H and O–H groups in total. The van der Waals surface area contributed by atoms with Crippen LogP contribution in [0.3, 0.4) is 0 Å². The zero-order valence-corrected chi connectivity index (χ0v) is 14.4. The molecule has 1 fully saturated rings. The van der Waals surface area contributed by atoms with Gasteiger partial charge >= 0.3 is 5.97 Å². The van der Waals surface area contributed by atoms with Gasteiger partial charge in [0.2, 0.25) is 5.43 Å². The van der Waals surface area contributed by atoms with Crippen LogP contribution in [0.5, 0.6) is 0 Å². The van der Waals surface area contributed by atoms with E-state index >= 15 is 0 Å². The Hall–Kier alpha value is -2.41. The monoisotopic (exact) mass is 347 g/mol. The highest BCUT2D eigenvalue weighted by Gasteiger charge is 2.25. The molecule has 1 aliphatic rings. The van der Waals surface area contributed by atoms with E-state index in [9.17, 15) is 14.0 Å². The number of carboxylic acids is 1. The summed E-state index contributed by atoms with van der Waals surface area (Å²) >= 11 is 0. The molecular weight excluding hydrogens is 325 g/mol. The first-order chi connectivity index (χ1) is 11.9. The third-order valence-electron chi connectivity index (χ3n) is 4.80. The Balaban J connectivity index is 2.00. The molecule has 1 aliphatic heterocycles. The van der Waals surface area contributed by atoms with E-state index in [-0.39, 0.29) is 10.9 Å². The van der Waals surface area contributed by atoms with Gasteiger partial charge in [-0.2, -0.15) is 0 Å². The first kappa shape index (κ1) is 17.4. The second-order valence-corrected chi connectivity index (χ2v) is 6.52. The summed E-state index contributed by atoms with van der Waals surface area (Å²) in [5.41, 5.74) is -0.0161. The number of anilines is 1. The summed E-state index contributed by atoms with van der Waals surface area (Å²) in [5, 5.41) is 12.5. The molecule has 0 radical (unpaired) electrons. The molecule has 1 saturated heterocycles. The Morgan fingerprint density at radius 1 is 1.44 bits per heavy atom. The number of nitrogens with one attached hydrogen (secondary N) is 1. The molecule has 0 unspecified atom stereocenters. The molecule has 1 atom stereocenters. The number of carboxylic acid groups (broad SMARTS) is 1. The van der Waals surface area contributed by atoms with Gasteiger partial charge in [-0.1, -0.05) is 6.92 Å². The minimum Gasteiger partial charge on any atom is -0.477 e. The third kappa shape index (κ3) is 3.24. The zero-order chi connectivity index (χ0) is 18.1. The molecule has 1 aromatic carbocycles. The summed E-state index contributed by atoms with van der Waals surface area (Å²) in [7, 11) is 1.66. The Morgan fingerprint density at radius 2 is 2.20 bits per heavy atom. The zero-order valence-electron chi connectivity index (χ0n) is 14.4. The van der Waals surface area contributed by atoms with Crippen LogP contribution in [0.1, 0.15) is 23.7 Å². The van der Waals surface area contributed by atoms with Crippen molar-refractivity contribution in [1.82, 2.24) is 9.88 Å². The van der Waals surface area contributed by atoms with Gasteiger partial charge in [-0.15, -0.1) is 0 Å². The smallest absolute Gasteiger partial charge is 0.341 e. The fourth-order valence-corrected chi connectivity index (χ4v) is 3.45. The van der Waals surface area contributed by atoms with Gasteiger partial charge in [-0.3, -0.25) is 4.79 Å². The van der Waals surface area contributed by atoms with Crippen LogP contribution in [0, 0.1) is 11.7 Å². The largest absolute Gasteiger partial charge is 0.477 e. The summed E-state index contributed by atoms with van der Waals surface area (Å²) in [6.45, 7) is 5.40. The molecule has 25 heavy (non-hydrogen) atoms. The molecule has 2 heterocycles. The molecule has 0 bridgehead atoms. The number of aryl methyl sites for hydroxylation is 1. The maximum Gasteiger partial charge on any atom is 0.341 e. The van der Waals surface area contributed by atoms with Crippen molar-refractivity contribution in [3.05, 3.63) is 39.9 Å². The van der Waals surface area contributed by atoms with Crippen molar-refractivity contribution >= 4 is 22.6 Å². The second-order valence-electron chi connectivity index (χ2n) is 6.52. The highest BCUT2D eigenvalue weighted by atomic mass is 19.1. The van der Waals surface area contributed by atoms with Gasteiger partial charge in [0, 0.05) is 31.7 Å². The number of fused-ring (bicyclic) bond motifs is 1. The van der Waals surface area contributed by atoms with Gasteiger partial charge in [0.05, 0.1) is 11.2 Å². The average Bonchev–Trinajstić information content (AvgIpc) is 3.04. The third-order valence-corrected chi connectivity index (χ3v) is 4.80. The summed E-state index contributed by atoms with van der Waals surface area (Å²) in [6.07, 6.45) is 2.27. The molecular formula is C18H22FN3O3. The molecule has 3 rings (SSSR count). The SMILES string of the molecule is CCNC[C@H]1CCN(c2cc3c(cc2F)c(=O)c(C(=O)O)cn3C)C1. The van der Waals surface area contributed by atoms with Crippen molar-refractivity contribution in [3.8, 4) is 0 Å². The lowest BCUT2D eigenvalue weighted by atomic mass is 10.1. The fraction of sp³-hybridized carbons (Fsp3) is 0.444. The van der Waals surface area contributed by atoms with Crippen LogP contribution in [-0.2, 0) is 7.05 Å². The number of rotatable bonds is 5. The molecule has 2 aromatic rings. The highest BCUT2D eigenvalue weighted by Crippen LogP contribution is 2.29. The van der Waals surface area contributed by atoms with Gasteiger partial charge < -0.3 is 19.9 Å². The van der Waals surface area contributed by atoms with Gasteiger partial charge in [-0.25, -0.2) is 9.18 Å². The van der Waals surface area contributed by atoms with E-state index in [1.165, 1.54) is 6.20 Å². The van der Waals surface area contributed by atoms with Crippen LogP contribution >= 0.6 is 0 Å². The van der Waals surface area contributed by atoms with Gasteiger partial charge in [0.1, 0.15) is 11.4 Å². The summed E-state index contributed by atoms with van der Waals surface area (Å²) < 4.78 is 16.2. The fourth-order valence-electron chi connectivity index (χ4n) is 3.45. The first-order valence-electron chi connectivity index (χ1n) is 8.44. The molecule has 0 amide bonds. The number of benzene rings is 1. The number of aromatic carboxylic acids is 1. The van der Waals surface area contributed by atoms with Crippen molar-refractivity contribution in [3.63, 3.8) is 0 Å². The molecule has 0 spiro atoms. The van der Waals surface area contributed by atoms with Crippen molar-refractivity contribution in [1.29, 1.82) is 0 Å². The predicted octanol–water partition coefficient (Wildman–Crippen LogP) is 1.81. The number of hydrogen-bond donors (Lipinski definition) is 2. The van der Waals surface area contributed by atoms with E-state index < -0.39 is 17.2 Å². The number of halogens is 1. The molecule has 0 aliphatic carbocycles. The molecule has 0 saturated carbocycles. The average molecular weight is 347 g/mol. The number of carbonyl (C=O) groups is 1. The Bertz CT molecular complexity index is 878. The number of aromatic nitrogens is 1. The van der Waals surface area contributed by atoms with Crippen LogP contribution in [0.2, 0.25) is 0 Å². The predicted molar refractivity (Wildman–Crippen MR) is 95.0 cm³/mol. The highest BCUT2D eigenvalue weighted by molar-refractivity contribution is 5.93. The first-order valence-corrected chi connectivity index (χ1v) is 8.44. The lowest BCUT2D eigenvalue weighted by Crippen LogP contribution is -2.27. The maximum absolute atomic E-state index is 14.6. The molecule has 6 nitrogen and oxygen atoms in total. The van der Waals surface area contributed by atoms with Gasteiger partial charge in [-0.05, 0) is 37.6 Å². The topological polar surface area (TPSA) is 74.6 Å². The van der Waals surface area contributed by atoms with Crippen molar-refractivity contribution in [2.75, 3.05) is 31.1 Å². The Labute approximate surface area is 144 Å². The second kappa shape index (κ2) is 6.84. The molecule has 1 aromatic heterocycles. The van der Waals surface area contributed by atoms with Crippen LogP contribution < -0.4 is 15.6 Å². The van der Waals surface area contributed by atoms with E-state index in [4.69, 9.17) is 5.11 Å². The van der Waals surface area contributed by atoms with E-state index in [2.05, 4.69) is 12.2 Å². The minimum absolute atomic E-state index is 0.0899. The Morgan fingerprint density at radius 3 is 2.88 bits per heavy atom. The lowest BCUT2D eigenvalue weighted by molar-refractivity contribution is 0.0695. The maximum atomic E-state index is 14.6. The molecule has 134 valence electrons. The number of nitrogens with zero attached hydrogens (tertiary/aromatic N) is 2. The van der Waals surface area contributed by atoms with E-state index in [0.29, 0.717) is 17.1 Å². The van der Waals surface area contributed by atoms with E-state index in [0.717, 1.165) is 38.7 Å². The van der Waals surface area contributed by atoms with Crippen LogP contribution in [0.4, 0.5) is 10.1 Å². The summed E-state index contributed by atoms with van der Waals surface area (Å²) in [4.78, 5) is 25.5. The normalized spacial score (nSPS) is 17.4. The van der Waals surface area contributed by atoms with Crippen LogP contribution in [0.15, 0.2) is 23.1 Å². The number of hydrogen-bond acceptors (Lipinski definition) is 4. The quantitative estimate of drug-likeness (QED) is 0.863. The van der Waals surface area contributed by atoms with E-state index in [1.54, 1.807) is 17.7 Å². The Kier molecular flexibility index (Phi) is 4.76. The standard InChI is InChI=1S/C18H22FN3O3/c1-3-20-8-11-4-5-22(9-11)16-7-15-12(6-14(16)19)17(23)13(18(24)25)10-21(15)2/h6-7,10-11,20H,3-5,8-9H2,1-2H3,(H,24,25)/t11-/m1/s1. The van der Waals surface area contributed by atoms with Gasteiger partial charge in [0.25, 0.3) is 0 Å². The molecule has 7 heteroatoms. The van der Waals surface area contributed by atoms with Gasteiger partial charge in [0.15, 0.2) is 0 Å². The lowest BCUT2D eigenvalue weighted by Gasteiger charge is -2.21. The number of pyridine rings is 1. The van der Waals surface area contributed by atoms with Crippen LogP contribution in [0.25, 0.3) is 10.9 Å². The van der Waals surface area contributed by atoms with Crippen LogP contribution in [-0.4, -0.2) is 41.8 Å². The summed E-state index contributed by atoms with van der Waals surface area (Å²) in [5.74, 6) is -1.33.